The molecule has 2 N–H and O–H groups in total. The molecule has 0 spiro atoms. The van der Waals surface area contributed by atoms with Gasteiger partial charge in [-0.1, -0.05) is 23.2 Å². The van der Waals surface area contributed by atoms with Crippen LogP contribution in [0.15, 0.2) is 41.1 Å². The molecule has 1 amide bonds. The number of rotatable bonds is 5. The molecule has 11 heteroatoms. The molecule has 2 aromatic heterocycles. The van der Waals surface area contributed by atoms with Gasteiger partial charge in [0.25, 0.3) is 5.91 Å². The van der Waals surface area contributed by atoms with Gasteiger partial charge in [0.1, 0.15) is 10.3 Å². The molecule has 3 aromatic rings. The first-order valence-electron chi connectivity index (χ1n) is 8.17. The number of amides is 1. The predicted octanol–water partition coefficient (Wildman–Crippen LogP) is 4.91. The second-order valence-corrected chi connectivity index (χ2v) is 8.41. The van der Waals surface area contributed by atoms with Gasteiger partial charge < -0.3 is 5.32 Å². The molecule has 0 saturated carbocycles. The average molecular weight is 515 g/mol. The largest absolute Gasteiger partial charge is 0.320 e. The number of carbonyl (C=O) groups excluding carboxylic acids is 2. The van der Waals surface area contributed by atoms with E-state index < -0.39 is 5.91 Å². The fraction of sp³-hybridized carbons (Fsp3) is 0.111. The zero-order chi connectivity index (χ0) is 21.1. The number of anilines is 1. The number of nitrogens with zero attached hydrogens (tertiary/aromatic N) is 3. The Balaban J connectivity index is 2.03. The molecule has 29 heavy (non-hydrogen) atoms. The molecule has 0 bridgehead atoms. The van der Waals surface area contributed by atoms with Gasteiger partial charge in [-0.05, 0) is 71.7 Å². The lowest BCUT2D eigenvalue weighted by Crippen LogP contribution is -2.20. The summed E-state index contributed by atoms with van der Waals surface area (Å²) in [6.07, 6.45) is 1.55. The SMILES string of the molecule is CNSC(=O)c1cc(Cl)cc(C)c1NC(=O)c1cc(Br)nn1-c1ncccc1Cl. The van der Waals surface area contributed by atoms with Crippen LogP contribution >= 0.6 is 51.1 Å². The standard InChI is InChI=1S/C18H14BrCl2N5O2S/c1-9-6-10(20)7-11(18(28)29-22-2)15(9)24-17(27)13-8-14(19)25-26(13)16-12(21)4-3-5-23-16/h3-8,22H,1-2H3,(H,24,27). The first-order chi connectivity index (χ1) is 13.8. The fourth-order valence-corrected chi connectivity index (χ4v) is 3.91. The molecule has 0 aliphatic rings. The van der Waals surface area contributed by atoms with Crippen molar-refractivity contribution in [2.24, 2.45) is 0 Å². The van der Waals surface area contributed by atoms with E-state index in [0.29, 0.717) is 31.7 Å². The van der Waals surface area contributed by atoms with Crippen molar-refractivity contribution in [1.82, 2.24) is 19.5 Å². The third-order valence-corrected chi connectivity index (χ3v) is 5.32. The van der Waals surface area contributed by atoms with E-state index in [4.69, 9.17) is 23.2 Å². The van der Waals surface area contributed by atoms with Crippen LogP contribution in [0.4, 0.5) is 5.69 Å². The number of benzene rings is 1. The zero-order valence-corrected chi connectivity index (χ0v) is 19.1. The first-order valence-corrected chi connectivity index (χ1v) is 10.5. The van der Waals surface area contributed by atoms with Crippen LogP contribution in [-0.4, -0.2) is 32.8 Å². The number of aromatic nitrogens is 3. The zero-order valence-electron chi connectivity index (χ0n) is 15.2. The quantitative estimate of drug-likeness (QED) is 0.470. The highest BCUT2D eigenvalue weighted by Gasteiger charge is 2.22. The van der Waals surface area contributed by atoms with Crippen molar-refractivity contribution in [3.8, 4) is 5.82 Å². The van der Waals surface area contributed by atoms with Gasteiger partial charge >= 0.3 is 0 Å². The third kappa shape index (κ3) is 4.81. The average Bonchev–Trinajstić information content (AvgIpc) is 3.05. The summed E-state index contributed by atoms with van der Waals surface area (Å²) in [6, 6.07) is 8.05. The van der Waals surface area contributed by atoms with Gasteiger partial charge in [-0.15, -0.1) is 0 Å². The van der Waals surface area contributed by atoms with Crippen LogP contribution in [0.5, 0.6) is 0 Å². The van der Waals surface area contributed by atoms with E-state index in [1.807, 2.05) is 0 Å². The molecule has 0 saturated heterocycles. The molecule has 0 fully saturated rings. The molecular formula is C18H14BrCl2N5O2S. The maximum absolute atomic E-state index is 13.1. The van der Waals surface area contributed by atoms with Crippen molar-refractivity contribution in [1.29, 1.82) is 0 Å². The minimum Gasteiger partial charge on any atom is -0.320 e. The number of aryl methyl sites for hydroxylation is 1. The van der Waals surface area contributed by atoms with Crippen LogP contribution in [-0.2, 0) is 0 Å². The smallest absolute Gasteiger partial charge is 0.274 e. The maximum atomic E-state index is 13.1. The monoisotopic (exact) mass is 513 g/mol. The summed E-state index contributed by atoms with van der Waals surface area (Å²) in [5, 5.41) is 7.49. The normalized spacial score (nSPS) is 10.8. The van der Waals surface area contributed by atoms with Gasteiger partial charge in [-0.2, -0.15) is 5.10 Å². The molecule has 0 atom stereocenters. The van der Waals surface area contributed by atoms with Crippen LogP contribution in [0.2, 0.25) is 10.0 Å². The Kier molecular flexibility index (Phi) is 6.97. The van der Waals surface area contributed by atoms with E-state index in [9.17, 15) is 9.59 Å². The second-order valence-electron chi connectivity index (χ2n) is 5.77. The van der Waals surface area contributed by atoms with E-state index in [0.717, 1.165) is 11.9 Å². The van der Waals surface area contributed by atoms with Crippen LogP contribution < -0.4 is 10.0 Å². The van der Waals surface area contributed by atoms with Crippen LogP contribution in [0.3, 0.4) is 0 Å². The van der Waals surface area contributed by atoms with Gasteiger partial charge in [0, 0.05) is 17.3 Å². The Bertz CT molecular complexity index is 1110. The molecule has 0 unspecified atom stereocenters. The highest BCUT2D eigenvalue weighted by atomic mass is 79.9. The minimum atomic E-state index is -0.487. The number of pyridine rings is 1. The Labute approximate surface area is 189 Å². The molecule has 150 valence electrons. The second kappa shape index (κ2) is 9.27. The first kappa shape index (κ1) is 21.8. The number of halogens is 3. The molecule has 0 aliphatic heterocycles. The third-order valence-electron chi connectivity index (χ3n) is 3.81. The number of carbonyl (C=O) groups is 2. The molecule has 3 rings (SSSR count). The lowest BCUT2D eigenvalue weighted by atomic mass is 10.1. The number of hydrogen-bond acceptors (Lipinski definition) is 6. The molecule has 0 aliphatic carbocycles. The van der Waals surface area contributed by atoms with E-state index >= 15 is 0 Å². The maximum Gasteiger partial charge on any atom is 0.274 e. The highest BCUT2D eigenvalue weighted by molar-refractivity contribution is 9.10. The van der Waals surface area contributed by atoms with Crippen molar-refractivity contribution in [3.63, 3.8) is 0 Å². The van der Waals surface area contributed by atoms with Crippen molar-refractivity contribution >= 4 is 67.8 Å². The van der Waals surface area contributed by atoms with Crippen molar-refractivity contribution < 1.29 is 9.59 Å². The molecule has 7 nitrogen and oxygen atoms in total. The summed E-state index contributed by atoms with van der Waals surface area (Å²) in [7, 11) is 1.63. The summed E-state index contributed by atoms with van der Waals surface area (Å²) < 4.78 is 4.49. The van der Waals surface area contributed by atoms with E-state index in [1.54, 1.807) is 38.4 Å². The van der Waals surface area contributed by atoms with Gasteiger partial charge in [0.05, 0.1) is 16.3 Å². The van der Waals surface area contributed by atoms with Crippen LogP contribution in [0, 0.1) is 6.92 Å². The van der Waals surface area contributed by atoms with Gasteiger partial charge in [-0.3, -0.25) is 14.3 Å². The molecule has 1 aromatic carbocycles. The van der Waals surface area contributed by atoms with Gasteiger partial charge in [0.2, 0.25) is 5.12 Å². The Morgan fingerprint density at radius 2 is 2.00 bits per heavy atom. The fourth-order valence-electron chi connectivity index (χ4n) is 2.60. The molecular weight excluding hydrogens is 501 g/mol. The van der Waals surface area contributed by atoms with Crippen molar-refractivity contribution in [3.05, 3.63) is 68.0 Å². The Morgan fingerprint density at radius 3 is 2.69 bits per heavy atom. The molecule has 0 radical (unpaired) electrons. The predicted molar refractivity (Wildman–Crippen MR) is 119 cm³/mol. The minimum absolute atomic E-state index is 0.187. The Hall–Kier alpha value is -1.91. The van der Waals surface area contributed by atoms with E-state index in [1.165, 1.54) is 16.8 Å². The highest BCUT2D eigenvalue weighted by Crippen LogP contribution is 2.29. The summed E-state index contributed by atoms with van der Waals surface area (Å²) in [5.41, 5.74) is 1.48. The number of nitrogens with one attached hydrogen (secondary N) is 2. The van der Waals surface area contributed by atoms with E-state index in [-0.39, 0.29) is 16.4 Å². The van der Waals surface area contributed by atoms with Gasteiger partial charge in [-0.25, -0.2) is 9.67 Å². The van der Waals surface area contributed by atoms with Crippen LogP contribution in [0.1, 0.15) is 26.4 Å². The topological polar surface area (TPSA) is 88.9 Å². The summed E-state index contributed by atoms with van der Waals surface area (Å²) >= 11 is 16.5. The lowest BCUT2D eigenvalue weighted by Gasteiger charge is -2.14. The summed E-state index contributed by atoms with van der Waals surface area (Å²) in [4.78, 5) is 29.7. The van der Waals surface area contributed by atoms with Gasteiger partial charge in [0.15, 0.2) is 5.82 Å². The van der Waals surface area contributed by atoms with Crippen molar-refractivity contribution in [2.75, 3.05) is 12.4 Å². The molecule has 2 heterocycles. The lowest BCUT2D eigenvalue weighted by molar-refractivity contribution is 0.101. The Morgan fingerprint density at radius 1 is 1.24 bits per heavy atom. The van der Waals surface area contributed by atoms with Crippen LogP contribution in [0.25, 0.3) is 5.82 Å². The van der Waals surface area contributed by atoms with E-state index in [2.05, 4.69) is 36.1 Å². The number of hydrogen-bond donors (Lipinski definition) is 2. The van der Waals surface area contributed by atoms with Crippen molar-refractivity contribution in [2.45, 2.75) is 6.92 Å². The summed E-state index contributed by atoms with van der Waals surface area (Å²) in [6.45, 7) is 1.76. The summed E-state index contributed by atoms with van der Waals surface area (Å²) in [5.74, 6) is -0.182.